The maximum absolute atomic E-state index is 12.3. The Morgan fingerprint density at radius 2 is 2.05 bits per heavy atom. The molecule has 3 rings (SSSR count). The third kappa shape index (κ3) is 3.06. The molecule has 8 heteroatoms. The van der Waals surface area contributed by atoms with E-state index < -0.39 is 0 Å². The average molecular weight is 310 g/mol. The fourth-order valence-electron chi connectivity index (χ4n) is 2.53. The van der Waals surface area contributed by atoms with Crippen molar-refractivity contribution >= 4 is 23.6 Å². The van der Waals surface area contributed by atoms with E-state index in [1.807, 2.05) is 4.90 Å². The lowest BCUT2D eigenvalue weighted by molar-refractivity contribution is -0.134. The van der Waals surface area contributed by atoms with Crippen LogP contribution in [0.3, 0.4) is 0 Å². The average Bonchev–Trinajstić information content (AvgIpc) is 3.17. The number of aryl methyl sites for hydroxylation is 1. The van der Waals surface area contributed by atoms with Gasteiger partial charge in [-0.25, -0.2) is 0 Å². The molecule has 1 atom stereocenters. The molecule has 2 aliphatic rings. The Balaban J connectivity index is 1.55. The number of carbonyl (C=O) groups is 2. The summed E-state index contributed by atoms with van der Waals surface area (Å²) in [6.45, 7) is 3.98. The smallest absolute Gasteiger partial charge is 0.276 e. The first kappa shape index (κ1) is 14.4. The van der Waals surface area contributed by atoms with Crippen molar-refractivity contribution < 1.29 is 14.1 Å². The van der Waals surface area contributed by atoms with E-state index in [0.717, 1.165) is 11.6 Å². The minimum absolute atomic E-state index is 0.0737. The first-order chi connectivity index (χ1) is 10.1. The van der Waals surface area contributed by atoms with Crippen LogP contribution < -0.4 is 5.32 Å². The van der Waals surface area contributed by atoms with Gasteiger partial charge in [0.05, 0.1) is 6.04 Å². The second-order valence-corrected chi connectivity index (χ2v) is 6.24. The molecule has 2 aliphatic heterocycles. The molecule has 0 aliphatic carbocycles. The van der Waals surface area contributed by atoms with Crippen LogP contribution in [0, 0.1) is 6.92 Å². The molecule has 2 saturated heterocycles. The van der Waals surface area contributed by atoms with Gasteiger partial charge in [0.2, 0.25) is 5.91 Å². The fourth-order valence-corrected chi connectivity index (χ4v) is 3.47. The minimum Gasteiger partial charge on any atom is -0.361 e. The van der Waals surface area contributed by atoms with E-state index in [9.17, 15) is 9.59 Å². The van der Waals surface area contributed by atoms with Gasteiger partial charge in [-0.1, -0.05) is 5.16 Å². The molecule has 0 saturated carbocycles. The number of nitrogens with zero attached hydrogens (tertiary/aromatic N) is 3. The highest BCUT2D eigenvalue weighted by Crippen LogP contribution is 2.14. The largest absolute Gasteiger partial charge is 0.361 e. The SMILES string of the molecule is Cc1cc(C(=O)N2CCN(C(=O)C3CSCN3)CC2)no1. The van der Waals surface area contributed by atoms with Crippen molar-refractivity contribution in [1.82, 2.24) is 20.3 Å². The predicted octanol–water partition coefficient (Wildman–Crippen LogP) is -0.0701. The number of hydrogen-bond donors (Lipinski definition) is 1. The Hall–Kier alpha value is -1.54. The molecule has 1 unspecified atom stereocenters. The van der Waals surface area contributed by atoms with Crippen molar-refractivity contribution in [3.05, 3.63) is 17.5 Å². The predicted molar refractivity (Wildman–Crippen MR) is 78.0 cm³/mol. The Bertz CT molecular complexity index is 533. The molecule has 1 N–H and O–H groups in total. The maximum Gasteiger partial charge on any atom is 0.276 e. The zero-order valence-corrected chi connectivity index (χ0v) is 12.7. The fraction of sp³-hybridized carbons (Fsp3) is 0.615. The first-order valence-electron chi connectivity index (χ1n) is 6.97. The minimum atomic E-state index is -0.131. The van der Waals surface area contributed by atoms with Crippen molar-refractivity contribution in [3.8, 4) is 0 Å². The molecule has 0 radical (unpaired) electrons. The summed E-state index contributed by atoms with van der Waals surface area (Å²) in [6, 6.07) is 1.56. The number of nitrogens with one attached hydrogen (secondary N) is 1. The first-order valence-corrected chi connectivity index (χ1v) is 8.13. The second-order valence-electron chi connectivity index (χ2n) is 5.21. The summed E-state index contributed by atoms with van der Waals surface area (Å²) in [7, 11) is 0. The summed E-state index contributed by atoms with van der Waals surface area (Å²) < 4.78 is 4.93. The molecular formula is C13H18N4O3S. The van der Waals surface area contributed by atoms with Crippen LogP contribution in [0.25, 0.3) is 0 Å². The highest BCUT2D eigenvalue weighted by atomic mass is 32.2. The van der Waals surface area contributed by atoms with Crippen LogP contribution in [0.2, 0.25) is 0 Å². The van der Waals surface area contributed by atoms with E-state index in [0.29, 0.717) is 37.6 Å². The molecule has 0 aromatic carbocycles. The van der Waals surface area contributed by atoms with Crippen molar-refractivity contribution in [2.75, 3.05) is 37.8 Å². The van der Waals surface area contributed by atoms with Crippen molar-refractivity contribution in [1.29, 1.82) is 0 Å². The van der Waals surface area contributed by atoms with Crippen molar-refractivity contribution in [2.24, 2.45) is 0 Å². The number of amides is 2. The third-order valence-electron chi connectivity index (χ3n) is 3.74. The Morgan fingerprint density at radius 1 is 1.33 bits per heavy atom. The highest BCUT2D eigenvalue weighted by molar-refractivity contribution is 7.99. The summed E-state index contributed by atoms with van der Waals surface area (Å²) in [5.41, 5.74) is 0.334. The van der Waals surface area contributed by atoms with Crippen LogP contribution >= 0.6 is 11.8 Å². The van der Waals surface area contributed by atoms with Crippen LogP contribution in [0.4, 0.5) is 0 Å². The zero-order chi connectivity index (χ0) is 14.8. The Kier molecular flexibility index (Phi) is 4.16. The van der Waals surface area contributed by atoms with Gasteiger partial charge in [-0.05, 0) is 6.92 Å². The lowest BCUT2D eigenvalue weighted by Gasteiger charge is -2.35. The van der Waals surface area contributed by atoms with E-state index >= 15 is 0 Å². The van der Waals surface area contributed by atoms with Gasteiger partial charge in [-0.2, -0.15) is 0 Å². The van der Waals surface area contributed by atoms with Crippen LogP contribution in [0.15, 0.2) is 10.6 Å². The third-order valence-corrected chi connectivity index (χ3v) is 4.68. The van der Waals surface area contributed by atoms with Gasteiger partial charge >= 0.3 is 0 Å². The van der Waals surface area contributed by atoms with Crippen LogP contribution in [-0.2, 0) is 4.79 Å². The van der Waals surface area contributed by atoms with E-state index in [1.54, 1.807) is 29.7 Å². The molecule has 7 nitrogen and oxygen atoms in total. The molecule has 1 aromatic heterocycles. The van der Waals surface area contributed by atoms with Gasteiger partial charge in [0.1, 0.15) is 5.76 Å². The summed E-state index contributed by atoms with van der Waals surface area (Å²) in [5.74, 6) is 2.30. The van der Waals surface area contributed by atoms with Gasteiger partial charge in [0, 0.05) is 43.9 Å². The van der Waals surface area contributed by atoms with Crippen LogP contribution in [0.5, 0.6) is 0 Å². The summed E-state index contributed by atoms with van der Waals surface area (Å²) >= 11 is 1.74. The topological polar surface area (TPSA) is 78.7 Å². The molecule has 2 fully saturated rings. The summed E-state index contributed by atoms with van der Waals surface area (Å²) in [5, 5.41) is 6.93. The van der Waals surface area contributed by atoms with Crippen molar-refractivity contribution in [3.63, 3.8) is 0 Å². The number of aromatic nitrogens is 1. The van der Waals surface area contributed by atoms with Gasteiger partial charge < -0.3 is 14.3 Å². The van der Waals surface area contributed by atoms with E-state index in [2.05, 4.69) is 10.5 Å². The molecule has 114 valence electrons. The van der Waals surface area contributed by atoms with Crippen LogP contribution in [-0.4, -0.2) is 70.6 Å². The zero-order valence-electron chi connectivity index (χ0n) is 11.9. The second kappa shape index (κ2) is 6.07. The molecular weight excluding hydrogens is 292 g/mol. The molecule has 0 spiro atoms. The van der Waals surface area contributed by atoms with E-state index in [4.69, 9.17) is 4.52 Å². The quantitative estimate of drug-likeness (QED) is 0.824. The maximum atomic E-state index is 12.3. The summed E-state index contributed by atoms with van der Waals surface area (Å²) in [6.07, 6.45) is 0. The Labute approximate surface area is 127 Å². The molecule has 2 amide bonds. The Morgan fingerprint density at radius 3 is 2.62 bits per heavy atom. The molecule has 1 aromatic rings. The highest BCUT2D eigenvalue weighted by Gasteiger charge is 2.31. The van der Waals surface area contributed by atoms with Crippen LogP contribution in [0.1, 0.15) is 16.2 Å². The number of piperazine rings is 1. The van der Waals surface area contributed by atoms with E-state index in [-0.39, 0.29) is 17.9 Å². The monoisotopic (exact) mass is 310 g/mol. The van der Waals surface area contributed by atoms with Gasteiger partial charge in [0.15, 0.2) is 5.69 Å². The molecule has 0 bridgehead atoms. The lowest BCUT2D eigenvalue weighted by atomic mass is 10.2. The number of rotatable bonds is 2. The lowest BCUT2D eigenvalue weighted by Crippen LogP contribution is -2.54. The van der Waals surface area contributed by atoms with E-state index in [1.165, 1.54) is 0 Å². The standard InChI is InChI=1S/C13H18N4O3S/c1-9-6-10(15-20-9)12(18)16-2-4-17(5-3-16)13(19)11-7-21-8-14-11/h6,11,14H,2-5,7-8H2,1H3. The van der Waals surface area contributed by atoms with Gasteiger partial charge in [-0.15, -0.1) is 11.8 Å². The molecule has 3 heterocycles. The van der Waals surface area contributed by atoms with Gasteiger partial charge in [-0.3, -0.25) is 14.9 Å². The summed E-state index contributed by atoms with van der Waals surface area (Å²) in [4.78, 5) is 28.1. The normalized spacial score (nSPS) is 22.6. The number of hydrogen-bond acceptors (Lipinski definition) is 6. The molecule has 21 heavy (non-hydrogen) atoms. The number of thioether (sulfide) groups is 1. The number of carbonyl (C=O) groups excluding carboxylic acids is 2. The van der Waals surface area contributed by atoms with Gasteiger partial charge in [0.25, 0.3) is 5.91 Å². The van der Waals surface area contributed by atoms with Crippen molar-refractivity contribution in [2.45, 2.75) is 13.0 Å².